The fourth-order valence-electron chi connectivity index (χ4n) is 4.31. The molecule has 0 spiro atoms. The van der Waals surface area contributed by atoms with E-state index in [1.165, 1.54) is 6.42 Å². The predicted octanol–water partition coefficient (Wildman–Crippen LogP) is 1.69. The van der Waals surface area contributed by atoms with Crippen LogP contribution in [0.4, 0.5) is 0 Å². The van der Waals surface area contributed by atoms with Gasteiger partial charge in [0, 0.05) is 13.1 Å². The van der Waals surface area contributed by atoms with Gasteiger partial charge in [-0.05, 0) is 31.1 Å². The van der Waals surface area contributed by atoms with E-state index < -0.39 is 11.0 Å². The first kappa shape index (κ1) is 9.87. The highest BCUT2D eigenvalue weighted by Gasteiger charge is 2.64. The maximum absolute atomic E-state index is 9.55. The van der Waals surface area contributed by atoms with Gasteiger partial charge in [0.2, 0.25) is 0 Å². The minimum Gasteiger partial charge on any atom is -0.280 e. The van der Waals surface area contributed by atoms with Crippen molar-refractivity contribution in [3.8, 4) is 12.1 Å². The van der Waals surface area contributed by atoms with Gasteiger partial charge in [0.1, 0.15) is 5.54 Å². The topological polar surface area (TPSA) is 50.8 Å². The molecule has 0 amide bonds. The summed E-state index contributed by atoms with van der Waals surface area (Å²) in [6, 6.07) is 4.85. The van der Waals surface area contributed by atoms with Crippen LogP contribution in [0, 0.1) is 39.9 Å². The fraction of sp³-hybridized carbons (Fsp3) is 0.692. The number of hydrogen-bond donors (Lipinski definition) is 0. The van der Waals surface area contributed by atoms with Crippen molar-refractivity contribution in [2.24, 2.45) is 17.3 Å². The molecule has 3 aliphatic heterocycles. The Hall–Kier alpha value is -1.32. The number of rotatable bonds is 1. The zero-order valence-corrected chi connectivity index (χ0v) is 9.32. The zero-order valence-electron chi connectivity index (χ0n) is 9.32. The van der Waals surface area contributed by atoms with Gasteiger partial charge in [-0.25, -0.2) is 0 Å². The van der Waals surface area contributed by atoms with Crippen molar-refractivity contribution in [2.75, 3.05) is 13.1 Å². The van der Waals surface area contributed by atoms with Crippen LogP contribution in [0.25, 0.3) is 0 Å². The van der Waals surface area contributed by atoms with Crippen LogP contribution in [0.3, 0.4) is 0 Å². The summed E-state index contributed by atoms with van der Waals surface area (Å²) in [5, 5.41) is 19.1. The summed E-state index contributed by atoms with van der Waals surface area (Å²) in [6.45, 7) is 5.77. The van der Waals surface area contributed by atoms with E-state index in [2.05, 4.69) is 23.6 Å². The second-order valence-electron chi connectivity index (χ2n) is 5.56. The molecule has 82 valence electrons. The molecule has 4 rings (SSSR count). The molecule has 3 atom stereocenters. The van der Waals surface area contributed by atoms with Gasteiger partial charge in [0.05, 0.1) is 17.6 Å². The summed E-state index contributed by atoms with van der Waals surface area (Å²) < 4.78 is 0. The van der Waals surface area contributed by atoms with Crippen molar-refractivity contribution in [2.45, 2.75) is 24.8 Å². The van der Waals surface area contributed by atoms with Crippen LogP contribution in [0.15, 0.2) is 12.7 Å². The van der Waals surface area contributed by atoms with Crippen molar-refractivity contribution in [1.82, 2.24) is 4.90 Å². The Morgan fingerprint density at radius 1 is 1.19 bits per heavy atom. The molecule has 3 saturated heterocycles. The van der Waals surface area contributed by atoms with Gasteiger partial charge in [0.15, 0.2) is 0 Å². The normalized spacial score (nSPS) is 53.0. The molecule has 0 aromatic rings. The van der Waals surface area contributed by atoms with Crippen molar-refractivity contribution in [3.63, 3.8) is 0 Å². The third-order valence-electron chi connectivity index (χ3n) is 4.81. The molecule has 3 heteroatoms. The highest BCUT2D eigenvalue weighted by Crippen LogP contribution is 2.59. The molecular formula is C13H15N3. The molecule has 3 unspecified atom stereocenters. The van der Waals surface area contributed by atoms with Crippen LogP contribution in [0.5, 0.6) is 0 Å². The average molecular weight is 213 g/mol. The minimum absolute atomic E-state index is 0.492. The smallest absolute Gasteiger partial charge is 0.146 e. The van der Waals surface area contributed by atoms with Gasteiger partial charge in [-0.2, -0.15) is 10.5 Å². The lowest BCUT2D eigenvalue weighted by atomic mass is 9.51. The lowest BCUT2D eigenvalue weighted by molar-refractivity contribution is -0.112. The van der Waals surface area contributed by atoms with Crippen LogP contribution < -0.4 is 0 Å². The molecular weight excluding hydrogens is 198 g/mol. The summed E-state index contributed by atoms with van der Waals surface area (Å²) in [7, 11) is 0. The van der Waals surface area contributed by atoms with Crippen molar-refractivity contribution >= 4 is 0 Å². The third-order valence-corrected chi connectivity index (χ3v) is 4.81. The van der Waals surface area contributed by atoms with E-state index in [0.717, 1.165) is 25.9 Å². The monoisotopic (exact) mass is 213 g/mol. The van der Waals surface area contributed by atoms with E-state index >= 15 is 0 Å². The molecule has 4 fully saturated rings. The molecule has 4 bridgehead atoms. The number of nitrogens with zero attached hydrogens (tertiary/aromatic N) is 3. The molecule has 0 N–H and O–H groups in total. The fourth-order valence-corrected chi connectivity index (χ4v) is 4.31. The van der Waals surface area contributed by atoms with Gasteiger partial charge in [-0.15, -0.1) is 6.58 Å². The van der Waals surface area contributed by atoms with Gasteiger partial charge in [-0.1, -0.05) is 6.08 Å². The van der Waals surface area contributed by atoms with Crippen molar-refractivity contribution in [1.29, 1.82) is 10.5 Å². The zero-order chi connectivity index (χ0) is 11.4. The van der Waals surface area contributed by atoms with Crippen molar-refractivity contribution < 1.29 is 0 Å². The van der Waals surface area contributed by atoms with E-state index in [9.17, 15) is 10.5 Å². The second-order valence-corrected chi connectivity index (χ2v) is 5.56. The van der Waals surface area contributed by atoms with E-state index in [-0.39, 0.29) is 0 Å². The molecule has 1 saturated carbocycles. The summed E-state index contributed by atoms with van der Waals surface area (Å²) in [5.41, 5.74) is -1.22. The van der Waals surface area contributed by atoms with Crippen LogP contribution in [0.1, 0.15) is 19.3 Å². The average Bonchev–Trinajstić information content (AvgIpc) is 2.29. The van der Waals surface area contributed by atoms with Crippen LogP contribution in [-0.2, 0) is 0 Å². The van der Waals surface area contributed by atoms with E-state index in [1.807, 2.05) is 0 Å². The summed E-state index contributed by atoms with van der Waals surface area (Å²) in [4.78, 5) is 2.20. The molecule has 3 nitrogen and oxygen atoms in total. The van der Waals surface area contributed by atoms with E-state index in [0.29, 0.717) is 11.8 Å². The Bertz CT molecular complexity index is 413. The highest BCUT2D eigenvalue weighted by atomic mass is 15.2. The molecule has 3 heterocycles. The summed E-state index contributed by atoms with van der Waals surface area (Å²) >= 11 is 0. The maximum atomic E-state index is 9.55. The van der Waals surface area contributed by atoms with Crippen molar-refractivity contribution in [3.05, 3.63) is 12.7 Å². The standard InChI is InChI=1S/C13H15N3/c1-2-13(9-15)12(8-14)4-10-3-11(5-12)7-16(13)6-10/h2,10-11H,1,3-7H2. The lowest BCUT2D eigenvalue weighted by Gasteiger charge is -2.62. The first-order valence-corrected chi connectivity index (χ1v) is 5.91. The van der Waals surface area contributed by atoms with Gasteiger partial charge in [0.25, 0.3) is 0 Å². The Morgan fingerprint density at radius 3 is 2.25 bits per heavy atom. The quantitative estimate of drug-likeness (QED) is 0.623. The van der Waals surface area contributed by atoms with Gasteiger partial charge >= 0.3 is 0 Å². The Balaban J connectivity index is 2.16. The highest BCUT2D eigenvalue weighted by molar-refractivity contribution is 5.36. The van der Waals surface area contributed by atoms with E-state index in [1.54, 1.807) is 6.08 Å². The number of piperidine rings is 3. The molecule has 1 aliphatic carbocycles. The number of hydrogen-bond acceptors (Lipinski definition) is 3. The van der Waals surface area contributed by atoms with Gasteiger partial charge < -0.3 is 0 Å². The molecule has 0 aromatic heterocycles. The maximum Gasteiger partial charge on any atom is 0.146 e. The Morgan fingerprint density at radius 2 is 1.81 bits per heavy atom. The molecule has 16 heavy (non-hydrogen) atoms. The first-order chi connectivity index (χ1) is 7.69. The minimum atomic E-state index is -0.727. The SMILES string of the molecule is C=CC1(C#N)N2CC3CC(C2)CC1(C#N)C3. The third kappa shape index (κ3) is 0.867. The second kappa shape index (κ2) is 2.87. The first-order valence-electron chi connectivity index (χ1n) is 5.91. The lowest BCUT2D eigenvalue weighted by Crippen LogP contribution is -2.70. The predicted molar refractivity (Wildman–Crippen MR) is 59.0 cm³/mol. The largest absolute Gasteiger partial charge is 0.280 e. The van der Waals surface area contributed by atoms with E-state index in [4.69, 9.17) is 0 Å². The summed E-state index contributed by atoms with van der Waals surface area (Å²) in [6.07, 6.45) is 4.73. The van der Waals surface area contributed by atoms with Crippen LogP contribution >= 0.6 is 0 Å². The van der Waals surface area contributed by atoms with Crippen LogP contribution in [-0.4, -0.2) is 23.5 Å². The Labute approximate surface area is 96.0 Å². The molecule has 0 radical (unpaired) electrons. The summed E-state index contributed by atoms with van der Waals surface area (Å²) in [5.74, 6) is 1.24. The molecule has 4 aliphatic rings. The molecule has 0 aromatic carbocycles. The Kier molecular flexibility index (Phi) is 1.77. The number of nitriles is 2. The van der Waals surface area contributed by atoms with Gasteiger partial charge in [-0.3, -0.25) is 4.90 Å². The van der Waals surface area contributed by atoms with Crippen LogP contribution in [0.2, 0.25) is 0 Å².